The maximum Gasteiger partial charge on any atom is 0.250 e. The van der Waals surface area contributed by atoms with Crippen molar-refractivity contribution in [3.63, 3.8) is 0 Å². The van der Waals surface area contributed by atoms with Crippen LogP contribution < -0.4 is 5.43 Å². The topological polar surface area (TPSA) is 72.2 Å². The van der Waals surface area contributed by atoms with E-state index in [0.717, 1.165) is 33.7 Å². The first-order chi connectivity index (χ1) is 14.0. The summed E-state index contributed by atoms with van der Waals surface area (Å²) in [6, 6.07) is 15.9. The van der Waals surface area contributed by atoms with Gasteiger partial charge in [0, 0.05) is 16.6 Å². The number of carbonyl (C=O) groups is 1. The highest BCUT2D eigenvalue weighted by Crippen LogP contribution is 2.24. The van der Waals surface area contributed by atoms with Gasteiger partial charge in [-0.15, -0.1) is 10.2 Å². The second-order valence-corrected chi connectivity index (χ2v) is 8.31. The van der Waals surface area contributed by atoms with Crippen LogP contribution in [0.3, 0.4) is 0 Å². The maximum absolute atomic E-state index is 12.2. The minimum Gasteiger partial charge on any atom is -0.302 e. The van der Waals surface area contributed by atoms with Gasteiger partial charge >= 0.3 is 0 Å². The summed E-state index contributed by atoms with van der Waals surface area (Å²) in [7, 11) is 0. The Balaban J connectivity index is 1.63. The van der Waals surface area contributed by atoms with Crippen molar-refractivity contribution in [3.05, 3.63) is 64.1 Å². The molecule has 0 spiro atoms. The van der Waals surface area contributed by atoms with E-state index in [-0.39, 0.29) is 11.7 Å². The number of carbonyl (C=O) groups excluding carboxylic acids is 1. The highest BCUT2D eigenvalue weighted by Gasteiger charge is 2.14. The molecule has 2 aromatic carbocycles. The summed E-state index contributed by atoms with van der Waals surface area (Å²) in [5.74, 6) is 0.826. The van der Waals surface area contributed by atoms with E-state index in [1.807, 2.05) is 54.8 Å². The highest BCUT2D eigenvalue weighted by molar-refractivity contribution is 9.10. The molecule has 1 aromatic heterocycles. The number of halogens is 1. The average Bonchev–Trinajstić information content (AvgIpc) is 3.14. The Labute approximate surface area is 182 Å². The first-order valence-corrected chi connectivity index (χ1v) is 11.0. The number of hydrogen-bond acceptors (Lipinski definition) is 5. The number of nitrogens with zero attached hydrogens (tertiary/aromatic N) is 4. The van der Waals surface area contributed by atoms with Gasteiger partial charge in [-0.3, -0.25) is 4.79 Å². The van der Waals surface area contributed by atoms with E-state index in [9.17, 15) is 4.79 Å². The van der Waals surface area contributed by atoms with Crippen molar-refractivity contribution in [2.45, 2.75) is 32.5 Å². The molecule has 1 amide bonds. The number of aromatic nitrogens is 3. The molecular formula is C21H22BrN5OS. The third-order valence-corrected chi connectivity index (χ3v) is 5.73. The molecule has 6 nitrogen and oxygen atoms in total. The summed E-state index contributed by atoms with van der Waals surface area (Å²) in [6.45, 7) is 6.67. The summed E-state index contributed by atoms with van der Waals surface area (Å²) in [6.07, 6.45) is 0. The minimum atomic E-state index is -0.188. The van der Waals surface area contributed by atoms with Gasteiger partial charge in [0.2, 0.25) is 0 Å². The standard InChI is InChI=1S/C21H22BrN5OS/c1-4-27-20(16-10-8-14(2)9-11-16)25-26-21(27)29-13-19(28)24-23-15(3)17-6-5-7-18(22)12-17/h5-12H,4,13H2,1-3H3,(H,24,28). The molecule has 0 fully saturated rings. The molecule has 29 heavy (non-hydrogen) atoms. The third kappa shape index (κ3) is 5.55. The van der Waals surface area contributed by atoms with Gasteiger partial charge in [-0.2, -0.15) is 5.10 Å². The number of nitrogens with one attached hydrogen (secondary N) is 1. The molecule has 0 unspecified atom stereocenters. The van der Waals surface area contributed by atoms with E-state index < -0.39 is 0 Å². The average molecular weight is 472 g/mol. The van der Waals surface area contributed by atoms with Crippen LogP contribution in [-0.4, -0.2) is 32.1 Å². The molecule has 0 aliphatic rings. The molecule has 0 bridgehead atoms. The first-order valence-electron chi connectivity index (χ1n) is 9.20. The van der Waals surface area contributed by atoms with Gasteiger partial charge in [-0.1, -0.05) is 69.7 Å². The molecule has 0 aliphatic carbocycles. The second-order valence-electron chi connectivity index (χ2n) is 6.45. The molecule has 0 radical (unpaired) electrons. The minimum absolute atomic E-state index is 0.188. The Bertz CT molecular complexity index is 1030. The van der Waals surface area contributed by atoms with Crippen molar-refractivity contribution in [1.82, 2.24) is 20.2 Å². The van der Waals surface area contributed by atoms with Crippen molar-refractivity contribution in [2.24, 2.45) is 5.10 Å². The van der Waals surface area contributed by atoms with E-state index in [1.54, 1.807) is 0 Å². The Kier molecular flexibility index (Phi) is 7.22. The van der Waals surface area contributed by atoms with Crippen molar-refractivity contribution in [2.75, 3.05) is 5.75 Å². The first kappa shape index (κ1) is 21.3. The van der Waals surface area contributed by atoms with Gasteiger partial charge in [0.15, 0.2) is 11.0 Å². The lowest BCUT2D eigenvalue weighted by molar-refractivity contribution is -0.118. The zero-order valence-electron chi connectivity index (χ0n) is 16.5. The number of amides is 1. The van der Waals surface area contributed by atoms with Gasteiger partial charge < -0.3 is 4.57 Å². The summed E-state index contributed by atoms with van der Waals surface area (Å²) in [5, 5.41) is 13.5. The second kappa shape index (κ2) is 9.84. The normalized spacial score (nSPS) is 11.5. The smallest absolute Gasteiger partial charge is 0.250 e. The molecular weight excluding hydrogens is 450 g/mol. The van der Waals surface area contributed by atoms with Gasteiger partial charge in [-0.25, -0.2) is 5.43 Å². The van der Waals surface area contributed by atoms with Crippen LogP contribution in [0.4, 0.5) is 0 Å². The van der Waals surface area contributed by atoms with Crippen LogP contribution in [0, 0.1) is 6.92 Å². The van der Waals surface area contributed by atoms with Gasteiger partial charge in [0.05, 0.1) is 11.5 Å². The molecule has 0 atom stereocenters. The Hall–Kier alpha value is -2.45. The summed E-state index contributed by atoms with van der Waals surface area (Å²) >= 11 is 4.79. The molecule has 0 saturated heterocycles. The Morgan fingerprint density at radius 3 is 2.66 bits per heavy atom. The molecule has 150 valence electrons. The number of hydrogen-bond donors (Lipinski definition) is 1. The zero-order chi connectivity index (χ0) is 20.8. The third-order valence-electron chi connectivity index (χ3n) is 4.27. The van der Waals surface area contributed by atoms with Crippen molar-refractivity contribution in [3.8, 4) is 11.4 Å². The lowest BCUT2D eigenvalue weighted by Crippen LogP contribution is -2.21. The fourth-order valence-corrected chi connectivity index (χ4v) is 3.88. The van der Waals surface area contributed by atoms with E-state index in [1.165, 1.54) is 17.3 Å². The monoisotopic (exact) mass is 471 g/mol. The zero-order valence-corrected chi connectivity index (χ0v) is 18.9. The number of rotatable bonds is 7. The predicted octanol–water partition coefficient (Wildman–Crippen LogP) is 4.67. The van der Waals surface area contributed by atoms with E-state index >= 15 is 0 Å². The van der Waals surface area contributed by atoms with Crippen LogP contribution in [0.2, 0.25) is 0 Å². The fraction of sp³-hybridized carbons (Fsp3) is 0.238. The van der Waals surface area contributed by atoms with E-state index in [2.05, 4.69) is 55.7 Å². The van der Waals surface area contributed by atoms with Crippen molar-refractivity contribution >= 4 is 39.3 Å². The van der Waals surface area contributed by atoms with E-state index in [0.29, 0.717) is 5.16 Å². The maximum atomic E-state index is 12.2. The molecule has 1 heterocycles. The van der Waals surface area contributed by atoms with Crippen LogP contribution >= 0.6 is 27.7 Å². The van der Waals surface area contributed by atoms with E-state index in [4.69, 9.17) is 0 Å². The molecule has 3 rings (SSSR count). The number of benzene rings is 2. The number of aryl methyl sites for hydroxylation is 1. The quantitative estimate of drug-likeness (QED) is 0.308. The van der Waals surface area contributed by atoms with Gasteiger partial charge in [0.25, 0.3) is 5.91 Å². The summed E-state index contributed by atoms with van der Waals surface area (Å²) in [4.78, 5) is 12.2. The summed E-state index contributed by atoms with van der Waals surface area (Å²) in [5.41, 5.74) is 6.50. The predicted molar refractivity (Wildman–Crippen MR) is 121 cm³/mol. The molecule has 1 N–H and O–H groups in total. The molecule has 0 aliphatic heterocycles. The van der Waals surface area contributed by atoms with Crippen LogP contribution in [0.25, 0.3) is 11.4 Å². The Morgan fingerprint density at radius 2 is 1.97 bits per heavy atom. The van der Waals surface area contributed by atoms with Crippen LogP contribution in [-0.2, 0) is 11.3 Å². The van der Waals surface area contributed by atoms with Gasteiger partial charge in [0.1, 0.15) is 0 Å². The largest absolute Gasteiger partial charge is 0.302 e. The van der Waals surface area contributed by atoms with Gasteiger partial charge in [-0.05, 0) is 38.5 Å². The SMILES string of the molecule is CCn1c(SCC(=O)NN=C(C)c2cccc(Br)c2)nnc1-c1ccc(C)cc1. The lowest BCUT2D eigenvalue weighted by Gasteiger charge is -2.07. The molecule has 0 saturated carbocycles. The van der Waals surface area contributed by atoms with Crippen LogP contribution in [0.5, 0.6) is 0 Å². The number of hydrazone groups is 1. The molecule has 8 heteroatoms. The van der Waals surface area contributed by atoms with Crippen LogP contribution in [0.1, 0.15) is 25.0 Å². The van der Waals surface area contributed by atoms with Crippen LogP contribution in [0.15, 0.2) is 63.3 Å². The summed E-state index contributed by atoms with van der Waals surface area (Å²) < 4.78 is 2.98. The van der Waals surface area contributed by atoms with Crippen molar-refractivity contribution < 1.29 is 4.79 Å². The lowest BCUT2D eigenvalue weighted by atomic mass is 10.1. The molecule has 3 aromatic rings. The van der Waals surface area contributed by atoms with Crippen molar-refractivity contribution in [1.29, 1.82) is 0 Å². The number of thioether (sulfide) groups is 1. The Morgan fingerprint density at radius 1 is 1.21 bits per heavy atom. The highest BCUT2D eigenvalue weighted by atomic mass is 79.9. The fourth-order valence-electron chi connectivity index (χ4n) is 2.68.